The van der Waals surface area contributed by atoms with Gasteiger partial charge in [-0.1, -0.05) is 32.9 Å². The van der Waals surface area contributed by atoms with Crippen molar-refractivity contribution in [3.8, 4) is 0 Å². The van der Waals surface area contributed by atoms with Crippen LogP contribution in [0.25, 0.3) is 0 Å². The Morgan fingerprint density at radius 2 is 2.04 bits per heavy atom. The Kier molecular flexibility index (Phi) is 7.41. The summed E-state index contributed by atoms with van der Waals surface area (Å²) in [6.45, 7) is 16.3. The topological polar surface area (TPSA) is 41.6 Å². The highest BCUT2D eigenvalue weighted by Crippen LogP contribution is 2.35. The molecule has 2 aliphatic heterocycles. The summed E-state index contributed by atoms with van der Waals surface area (Å²) < 4.78 is 5.63. The fraction of sp³-hybridized carbons (Fsp3) is 0.783. The van der Waals surface area contributed by atoms with Crippen molar-refractivity contribution in [2.45, 2.75) is 85.8 Å². The van der Waals surface area contributed by atoms with Crippen LogP contribution >= 0.6 is 0 Å². The average Bonchev–Trinajstić information content (AvgIpc) is 2.71. The van der Waals surface area contributed by atoms with Gasteiger partial charge in [-0.2, -0.15) is 0 Å². The van der Waals surface area contributed by atoms with Crippen LogP contribution in [0.4, 0.5) is 4.79 Å². The molecule has 1 N–H and O–H groups in total. The maximum Gasteiger partial charge on any atom is 0.410 e. The molecule has 27 heavy (non-hydrogen) atoms. The molecular weight excluding hydrogens is 336 g/mol. The second-order valence-electron chi connectivity index (χ2n) is 9.76. The van der Waals surface area contributed by atoms with E-state index in [2.05, 4.69) is 45.2 Å². The molecule has 2 fully saturated rings. The first-order valence-electron chi connectivity index (χ1n) is 10.7. The lowest BCUT2D eigenvalue weighted by atomic mass is 9.91. The number of carbonyl (C=O) groups is 1. The summed E-state index contributed by atoms with van der Waals surface area (Å²) in [5.41, 5.74) is 2.21. The number of allylic oxidation sites excluding steroid dienone is 3. The van der Waals surface area contributed by atoms with Gasteiger partial charge in [-0.15, -0.1) is 0 Å². The van der Waals surface area contributed by atoms with Crippen LogP contribution in [0, 0.1) is 17.8 Å². The number of nitrogens with one attached hydrogen (secondary N) is 1. The zero-order valence-electron chi connectivity index (χ0n) is 18.5. The van der Waals surface area contributed by atoms with E-state index in [9.17, 15) is 4.79 Å². The summed E-state index contributed by atoms with van der Waals surface area (Å²) in [4.78, 5) is 14.5. The second kappa shape index (κ2) is 9.16. The summed E-state index contributed by atoms with van der Waals surface area (Å²) in [6.07, 6.45) is 8.91. The van der Waals surface area contributed by atoms with Gasteiger partial charge in [0.1, 0.15) is 5.60 Å². The van der Waals surface area contributed by atoms with E-state index >= 15 is 0 Å². The van der Waals surface area contributed by atoms with Crippen molar-refractivity contribution in [2.24, 2.45) is 17.8 Å². The molecule has 0 aromatic carbocycles. The summed E-state index contributed by atoms with van der Waals surface area (Å²) in [5, 5.41) is 3.76. The molecule has 2 rings (SSSR count). The highest BCUT2D eigenvalue weighted by Gasteiger charge is 2.38. The van der Waals surface area contributed by atoms with E-state index < -0.39 is 5.60 Å². The SMILES string of the molecule is CC=C1/C(=C\CC(C)CC(C)C)N[C@H]2CCCN(C(=O)OC(C)(C)C)C[C@@H]12. The van der Waals surface area contributed by atoms with Crippen molar-refractivity contribution in [3.05, 3.63) is 23.4 Å². The number of amides is 1. The number of carbonyl (C=O) groups excluding carboxylic acids is 1. The molecule has 0 aromatic heterocycles. The minimum Gasteiger partial charge on any atom is -0.444 e. The molecule has 4 heteroatoms. The summed E-state index contributed by atoms with van der Waals surface area (Å²) in [7, 11) is 0. The normalized spacial score (nSPS) is 27.5. The van der Waals surface area contributed by atoms with Crippen molar-refractivity contribution in [3.63, 3.8) is 0 Å². The molecule has 1 amide bonds. The lowest BCUT2D eigenvalue weighted by Gasteiger charge is -2.28. The lowest BCUT2D eigenvalue weighted by Crippen LogP contribution is -2.40. The van der Waals surface area contributed by atoms with Crippen LogP contribution in [-0.4, -0.2) is 35.7 Å². The van der Waals surface area contributed by atoms with E-state index in [4.69, 9.17) is 4.74 Å². The molecule has 3 atom stereocenters. The Bertz CT molecular complexity index is 571. The predicted octanol–water partition coefficient (Wildman–Crippen LogP) is 5.51. The molecule has 1 unspecified atom stereocenters. The first kappa shape index (κ1) is 21.8. The third kappa shape index (κ3) is 6.29. The zero-order chi connectivity index (χ0) is 20.2. The Morgan fingerprint density at radius 1 is 1.33 bits per heavy atom. The van der Waals surface area contributed by atoms with Gasteiger partial charge >= 0.3 is 6.09 Å². The van der Waals surface area contributed by atoms with E-state index in [-0.39, 0.29) is 6.09 Å². The monoisotopic (exact) mass is 376 g/mol. The van der Waals surface area contributed by atoms with Crippen LogP contribution in [0.15, 0.2) is 23.4 Å². The average molecular weight is 377 g/mol. The Labute approximate surface area is 166 Å². The molecular formula is C23H40N2O2. The van der Waals surface area contributed by atoms with Gasteiger partial charge in [-0.3, -0.25) is 0 Å². The van der Waals surface area contributed by atoms with Gasteiger partial charge < -0.3 is 15.0 Å². The molecule has 0 bridgehead atoms. The highest BCUT2D eigenvalue weighted by molar-refractivity contribution is 5.68. The quantitative estimate of drug-likeness (QED) is 0.703. The molecule has 2 saturated heterocycles. The van der Waals surface area contributed by atoms with E-state index in [1.54, 1.807) is 0 Å². The number of likely N-dealkylation sites (tertiary alicyclic amines) is 1. The van der Waals surface area contributed by atoms with E-state index in [1.165, 1.54) is 17.7 Å². The number of rotatable bonds is 4. The predicted molar refractivity (Wildman–Crippen MR) is 113 cm³/mol. The highest BCUT2D eigenvalue weighted by atomic mass is 16.6. The number of fused-ring (bicyclic) bond motifs is 1. The van der Waals surface area contributed by atoms with Gasteiger partial charge in [0.15, 0.2) is 0 Å². The van der Waals surface area contributed by atoms with Gasteiger partial charge in [0, 0.05) is 30.7 Å². The number of nitrogens with zero attached hydrogens (tertiary/aromatic N) is 1. The summed E-state index contributed by atoms with van der Waals surface area (Å²) >= 11 is 0. The van der Waals surface area contributed by atoms with E-state index in [0.29, 0.717) is 17.9 Å². The first-order chi connectivity index (χ1) is 12.6. The molecule has 0 radical (unpaired) electrons. The largest absolute Gasteiger partial charge is 0.444 e. The van der Waals surface area contributed by atoms with Gasteiger partial charge in [0.05, 0.1) is 0 Å². The van der Waals surface area contributed by atoms with E-state index in [1.807, 2.05) is 25.7 Å². The standard InChI is InChI=1S/C23H40N2O2/c1-8-18-19-15-25(22(26)27-23(5,6)7)13-9-10-20(19)24-21(18)12-11-17(4)14-16(2)3/h8,12,16-17,19-20,24H,9-11,13-15H2,1-7H3/b18-8?,21-12+/t17?,19-,20-/m0/s1. The van der Waals surface area contributed by atoms with Crippen LogP contribution in [0.2, 0.25) is 0 Å². The van der Waals surface area contributed by atoms with Gasteiger partial charge in [0.2, 0.25) is 0 Å². The minimum atomic E-state index is -0.447. The fourth-order valence-corrected chi connectivity index (χ4v) is 4.39. The van der Waals surface area contributed by atoms with Crippen LogP contribution in [0.5, 0.6) is 0 Å². The van der Waals surface area contributed by atoms with Gasteiger partial charge in [-0.25, -0.2) is 4.79 Å². The molecule has 2 aliphatic rings. The maximum absolute atomic E-state index is 12.6. The van der Waals surface area contributed by atoms with Crippen LogP contribution in [-0.2, 0) is 4.74 Å². The third-order valence-corrected chi connectivity index (χ3v) is 5.46. The van der Waals surface area contributed by atoms with Crippen molar-refractivity contribution >= 4 is 6.09 Å². The summed E-state index contributed by atoms with van der Waals surface area (Å²) in [6, 6.07) is 0.426. The van der Waals surface area contributed by atoms with Crippen molar-refractivity contribution < 1.29 is 9.53 Å². The van der Waals surface area contributed by atoms with Crippen LogP contribution in [0.3, 0.4) is 0 Å². The zero-order valence-corrected chi connectivity index (χ0v) is 18.5. The van der Waals surface area contributed by atoms with Crippen molar-refractivity contribution in [1.29, 1.82) is 0 Å². The Morgan fingerprint density at radius 3 is 2.63 bits per heavy atom. The number of ether oxygens (including phenoxy) is 1. The third-order valence-electron chi connectivity index (χ3n) is 5.46. The molecule has 0 aliphatic carbocycles. The van der Waals surface area contributed by atoms with Crippen molar-refractivity contribution in [2.75, 3.05) is 13.1 Å². The molecule has 0 spiro atoms. The smallest absolute Gasteiger partial charge is 0.410 e. The van der Waals surface area contributed by atoms with Crippen LogP contribution < -0.4 is 5.32 Å². The molecule has 4 nitrogen and oxygen atoms in total. The van der Waals surface area contributed by atoms with Crippen molar-refractivity contribution in [1.82, 2.24) is 10.2 Å². The summed E-state index contributed by atoms with van der Waals surface area (Å²) in [5.74, 6) is 1.79. The molecule has 0 aromatic rings. The lowest BCUT2D eigenvalue weighted by molar-refractivity contribution is 0.0242. The number of hydrogen-bond acceptors (Lipinski definition) is 3. The van der Waals surface area contributed by atoms with Gasteiger partial charge in [0.25, 0.3) is 0 Å². The molecule has 2 heterocycles. The number of hydrogen-bond donors (Lipinski definition) is 1. The second-order valence-corrected chi connectivity index (χ2v) is 9.76. The Balaban J connectivity index is 2.08. The fourth-order valence-electron chi connectivity index (χ4n) is 4.39. The Hall–Kier alpha value is -1.45. The van der Waals surface area contributed by atoms with Crippen LogP contribution in [0.1, 0.15) is 74.1 Å². The molecule has 154 valence electrons. The first-order valence-corrected chi connectivity index (χ1v) is 10.7. The maximum atomic E-state index is 12.6. The van der Waals surface area contributed by atoms with E-state index in [0.717, 1.165) is 38.3 Å². The molecule has 0 saturated carbocycles. The van der Waals surface area contributed by atoms with Gasteiger partial charge in [-0.05, 0) is 70.8 Å². The minimum absolute atomic E-state index is 0.179.